The Morgan fingerprint density at radius 3 is 2.87 bits per heavy atom. The zero-order valence-corrected chi connectivity index (χ0v) is 20.0. The van der Waals surface area contributed by atoms with Crippen LogP contribution >= 0.6 is 23.1 Å². The molecule has 2 N–H and O–H groups in total. The number of nitrogens with zero attached hydrogens (tertiary/aromatic N) is 3. The highest BCUT2D eigenvalue weighted by molar-refractivity contribution is 7.98. The van der Waals surface area contributed by atoms with Crippen molar-refractivity contribution < 1.29 is 4.79 Å². The first-order valence-corrected chi connectivity index (χ1v) is 13.4. The van der Waals surface area contributed by atoms with Gasteiger partial charge < -0.3 is 20.1 Å². The molecule has 0 saturated carbocycles. The lowest BCUT2D eigenvalue weighted by atomic mass is 9.97. The number of amides is 1. The molecule has 7 nitrogen and oxygen atoms in total. The van der Waals surface area contributed by atoms with Crippen molar-refractivity contribution in [2.24, 2.45) is 0 Å². The van der Waals surface area contributed by atoms with Gasteiger partial charge in [-0.05, 0) is 51.3 Å². The van der Waals surface area contributed by atoms with Crippen LogP contribution in [0.4, 0.5) is 0 Å². The van der Waals surface area contributed by atoms with Crippen LogP contribution in [0.3, 0.4) is 0 Å². The number of hydrogen-bond donors (Lipinski definition) is 2. The Balaban J connectivity index is 1.15. The van der Waals surface area contributed by atoms with Gasteiger partial charge in [-0.3, -0.25) is 9.59 Å². The van der Waals surface area contributed by atoms with Gasteiger partial charge in [-0.25, -0.2) is 4.98 Å². The van der Waals surface area contributed by atoms with E-state index in [-0.39, 0.29) is 11.5 Å². The maximum atomic E-state index is 12.6. The van der Waals surface area contributed by atoms with Crippen LogP contribution in [-0.4, -0.2) is 77.7 Å². The van der Waals surface area contributed by atoms with Gasteiger partial charge in [0.15, 0.2) is 0 Å². The first-order valence-electron chi connectivity index (χ1n) is 11.4. The molecule has 1 aliphatic carbocycles. The van der Waals surface area contributed by atoms with Gasteiger partial charge in [-0.2, -0.15) is 11.8 Å². The fourth-order valence-electron chi connectivity index (χ4n) is 4.30. The molecule has 9 heteroatoms. The minimum Gasteiger partial charge on any atom is -0.356 e. The summed E-state index contributed by atoms with van der Waals surface area (Å²) in [4.78, 5) is 39.4. The quantitative estimate of drug-likeness (QED) is 0.555. The van der Waals surface area contributed by atoms with Crippen LogP contribution in [0.15, 0.2) is 4.79 Å². The number of carbonyl (C=O) groups is 1. The number of thiophene rings is 1. The monoisotopic (exact) mass is 463 g/mol. The van der Waals surface area contributed by atoms with E-state index in [4.69, 9.17) is 4.98 Å². The maximum Gasteiger partial charge on any atom is 0.259 e. The molecule has 2 aromatic heterocycles. The van der Waals surface area contributed by atoms with Crippen molar-refractivity contribution in [3.63, 3.8) is 0 Å². The van der Waals surface area contributed by atoms with Gasteiger partial charge in [0.2, 0.25) is 5.91 Å². The highest BCUT2D eigenvalue weighted by Gasteiger charge is 2.19. The average molecular weight is 464 g/mol. The Labute approximate surface area is 192 Å². The smallest absolute Gasteiger partial charge is 0.259 e. The van der Waals surface area contributed by atoms with E-state index in [2.05, 4.69) is 27.1 Å². The van der Waals surface area contributed by atoms with Crippen LogP contribution in [0.5, 0.6) is 0 Å². The number of fused-ring (bicyclic) bond motifs is 3. The molecular formula is C22H33N5O2S2. The predicted octanol–water partition coefficient (Wildman–Crippen LogP) is 2.24. The standard InChI is InChI=1S/C22H33N5O2S2/c1-26-10-12-27(13-11-26)9-4-8-23-19(28)7-14-30-15-18-24-21(29)20-16-5-2-3-6-17(16)31-22(20)25-18/h2-15H2,1H3,(H,23,28)(H,24,25,29). The molecule has 4 rings (SSSR count). The number of aromatic amines is 1. The number of piperazine rings is 1. The molecule has 170 valence electrons. The average Bonchev–Trinajstić information content (AvgIpc) is 3.14. The molecule has 0 spiro atoms. The third-order valence-corrected chi connectivity index (χ3v) is 8.31. The van der Waals surface area contributed by atoms with Crippen molar-refractivity contribution in [2.75, 3.05) is 52.1 Å². The number of aryl methyl sites for hydroxylation is 2. The highest BCUT2D eigenvalue weighted by Crippen LogP contribution is 2.33. The molecule has 0 aromatic carbocycles. The van der Waals surface area contributed by atoms with E-state index in [0.717, 1.165) is 80.9 Å². The van der Waals surface area contributed by atoms with E-state index in [0.29, 0.717) is 18.0 Å². The van der Waals surface area contributed by atoms with E-state index < -0.39 is 0 Å². The Hall–Kier alpha value is -1.42. The predicted molar refractivity (Wildman–Crippen MR) is 129 cm³/mol. The summed E-state index contributed by atoms with van der Waals surface area (Å²) in [7, 11) is 2.16. The number of H-pyrrole nitrogens is 1. The molecule has 3 heterocycles. The van der Waals surface area contributed by atoms with Crippen LogP contribution in [0.2, 0.25) is 0 Å². The maximum absolute atomic E-state index is 12.6. The lowest BCUT2D eigenvalue weighted by Crippen LogP contribution is -2.45. The number of likely N-dealkylation sites (N-methyl/N-ethyl adjacent to an activating group) is 1. The second-order valence-electron chi connectivity index (χ2n) is 8.55. The van der Waals surface area contributed by atoms with Crippen molar-refractivity contribution in [1.29, 1.82) is 0 Å². The zero-order valence-electron chi connectivity index (χ0n) is 18.4. The Morgan fingerprint density at radius 1 is 1.23 bits per heavy atom. The summed E-state index contributed by atoms with van der Waals surface area (Å²) in [6.45, 7) is 6.30. The molecule has 1 aliphatic heterocycles. The van der Waals surface area contributed by atoms with Gasteiger partial charge in [-0.1, -0.05) is 0 Å². The lowest BCUT2D eigenvalue weighted by molar-refractivity contribution is -0.120. The lowest BCUT2D eigenvalue weighted by Gasteiger charge is -2.32. The van der Waals surface area contributed by atoms with Crippen LogP contribution in [-0.2, 0) is 23.4 Å². The first kappa shape index (κ1) is 22.8. The Morgan fingerprint density at radius 2 is 2.03 bits per heavy atom. The number of thioether (sulfide) groups is 1. The molecule has 0 bridgehead atoms. The van der Waals surface area contributed by atoms with Crippen molar-refractivity contribution in [1.82, 2.24) is 25.1 Å². The Bertz CT molecular complexity index is 949. The number of aromatic nitrogens is 2. The SMILES string of the molecule is CN1CCN(CCCNC(=O)CCSCc2nc3sc4c(c3c(=O)[nH]2)CCCC4)CC1. The van der Waals surface area contributed by atoms with Crippen LogP contribution in [0, 0.1) is 0 Å². The van der Waals surface area contributed by atoms with E-state index in [1.807, 2.05) is 0 Å². The largest absolute Gasteiger partial charge is 0.356 e. The van der Waals surface area contributed by atoms with Gasteiger partial charge in [0.25, 0.3) is 5.56 Å². The highest BCUT2D eigenvalue weighted by atomic mass is 32.2. The summed E-state index contributed by atoms with van der Waals surface area (Å²) < 4.78 is 0. The minimum absolute atomic E-state index is 0.00177. The molecule has 31 heavy (non-hydrogen) atoms. The molecular weight excluding hydrogens is 430 g/mol. The van der Waals surface area contributed by atoms with Gasteiger partial charge >= 0.3 is 0 Å². The molecule has 0 unspecified atom stereocenters. The second-order valence-corrected chi connectivity index (χ2v) is 10.7. The summed E-state index contributed by atoms with van der Waals surface area (Å²) in [6, 6.07) is 0. The van der Waals surface area contributed by atoms with Gasteiger partial charge in [-0.15, -0.1) is 11.3 Å². The summed E-state index contributed by atoms with van der Waals surface area (Å²) in [6.07, 6.45) is 5.94. The normalized spacial score (nSPS) is 17.7. The van der Waals surface area contributed by atoms with Crippen molar-refractivity contribution in [3.05, 3.63) is 26.6 Å². The van der Waals surface area contributed by atoms with Crippen LogP contribution in [0.25, 0.3) is 10.2 Å². The van der Waals surface area contributed by atoms with E-state index in [1.54, 1.807) is 23.1 Å². The zero-order chi connectivity index (χ0) is 21.6. The molecule has 1 amide bonds. The first-order chi connectivity index (χ1) is 15.1. The topological polar surface area (TPSA) is 81.3 Å². The fraction of sp³-hybridized carbons (Fsp3) is 0.682. The van der Waals surface area contributed by atoms with Crippen molar-refractivity contribution in [3.8, 4) is 0 Å². The molecule has 1 saturated heterocycles. The Kier molecular flexibility index (Phi) is 8.03. The number of hydrogen-bond acceptors (Lipinski definition) is 7. The number of nitrogens with one attached hydrogen (secondary N) is 2. The number of rotatable bonds is 9. The van der Waals surface area contributed by atoms with Gasteiger partial charge in [0.1, 0.15) is 10.7 Å². The second kappa shape index (κ2) is 10.9. The van der Waals surface area contributed by atoms with Crippen LogP contribution < -0.4 is 10.9 Å². The van der Waals surface area contributed by atoms with Crippen molar-refractivity contribution >= 4 is 39.2 Å². The third-order valence-electron chi connectivity index (χ3n) is 6.16. The molecule has 0 radical (unpaired) electrons. The third kappa shape index (κ3) is 6.09. The summed E-state index contributed by atoms with van der Waals surface area (Å²) in [5, 5.41) is 3.84. The summed E-state index contributed by atoms with van der Waals surface area (Å²) >= 11 is 3.33. The van der Waals surface area contributed by atoms with E-state index in [9.17, 15) is 9.59 Å². The molecule has 0 atom stereocenters. The number of carbonyl (C=O) groups excluding carboxylic acids is 1. The van der Waals surface area contributed by atoms with E-state index >= 15 is 0 Å². The van der Waals surface area contributed by atoms with Gasteiger partial charge in [0.05, 0.1) is 11.1 Å². The molecule has 2 aliphatic rings. The van der Waals surface area contributed by atoms with Crippen LogP contribution in [0.1, 0.15) is 41.9 Å². The summed E-state index contributed by atoms with van der Waals surface area (Å²) in [5.41, 5.74) is 1.22. The molecule has 2 aromatic rings. The van der Waals surface area contributed by atoms with Gasteiger partial charge in [0, 0.05) is 49.8 Å². The van der Waals surface area contributed by atoms with Crippen molar-refractivity contribution in [2.45, 2.75) is 44.3 Å². The fourth-order valence-corrected chi connectivity index (χ4v) is 6.39. The summed E-state index contributed by atoms with van der Waals surface area (Å²) in [5.74, 6) is 2.18. The van der Waals surface area contributed by atoms with E-state index in [1.165, 1.54) is 16.9 Å². The minimum atomic E-state index is -0.00177. The molecule has 1 fully saturated rings.